The number of rotatable bonds is 4. The lowest BCUT2D eigenvalue weighted by Gasteiger charge is -2.23. The van der Waals surface area contributed by atoms with Crippen molar-refractivity contribution in [2.45, 2.75) is 31.3 Å². The highest BCUT2D eigenvalue weighted by Gasteiger charge is 2.32. The molecule has 2 heterocycles. The van der Waals surface area contributed by atoms with E-state index in [0.29, 0.717) is 10.9 Å². The Balaban J connectivity index is 2.19. The summed E-state index contributed by atoms with van der Waals surface area (Å²) in [5.74, 6) is 0.0427. The zero-order valence-corrected chi connectivity index (χ0v) is 12.2. The van der Waals surface area contributed by atoms with Crippen LogP contribution in [0.1, 0.15) is 18.9 Å². The monoisotopic (exact) mass is 320 g/mol. The molecule has 122 valence electrons. The molecule has 5 N–H and O–H groups in total. The molecule has 0 saturated heterocycles. The summed E-state index contributed by atoms with van der Waals surface area (Å²) in [4.78, 5) is 14.5. The Kier molecular flexibility index (Phi) is 3.86. The molecular formula is C14H16N4O5. The van der Waals surface area contributed by atoms with Gasteiger partial charge in [-0.15, -0.1) is 10.2 Å². The van der Waals surface area contributed by atoms with Crippen molar-refractivity contribution in [1.82, 2.24) is 19.6 Å². The molecule has 0 saturated carbocycles. The first kappa shape index (κ1) is 15.6. The van der Waals surface area contributed by atoms with E-state index in [0.717, 1.165) is 0 Å². The summed E-state index contributed by atoms with van der Waals surface area (Å²) in [6, 6.07) is 6.65. The quantitative estimate of drug-likeness (QED) is 0.402. The second-order valence-electron chi connectivity index (χ2n) is 5.36. The third kappa shape index (κ3) is 2.49. The molecule has 3 aromatic rings. The van der Waals surface area contributed by atoms with Gasteiger partial charge in [-0.25, -0.2) is 0 Å². The predicted octanol–water partition coefficient (Wildman–Crippen LogP) is -1.29. The number of H-pyrrole nitrogens is 1. The van der Waals surface area contributed by atoms with E-state index in [1.54, 1.807) is 24.3 Å². The van der Waals surface area contributed by atoms with E-state index in [1.165, 1.54) is 11.3 Å². The van der Waals surface area contributed by atoms with E-state index < -0.39 is 24.4 Å². The molecule has 2 aromatic heterocycles. The smallest absolute Gasteiger partial charge is 0.260 e. The zero-order valence-electron chi connectivity index (χ0n) is 12.2. The minimum Gasteiger partial charge on any atom is -0.391 e. The molecule has 1 aromatic carbocycles. The van der Waals surface area contributed by atoms with Gasteiger partial charge in [-0.3, -0.25) is 14.2 Å². The Morgan fingerprint density at radius 1 is 1.09 bits per heavy atom. The highest BCUT2D eigenvalue weighted by Crippen LogP contribution is 2.22. The van der Waals surface area contributed by atoms with Gasteiger partial charge < -0.3 is 20.4 Å². The molecule has 0 spiro atoms. The third-order valence-corrected chi connectivity index (χ3v) is 3.74. The van der Waals surface area contributed by atoms with Crippen LogP contribution in [0.15, 0.2) is 29.1 Å². The molecule has 0 aliphatic rings. The van der Waals surface area contributed by atoms with Gasteiger partial charge in [-0.05, 0) is 19.1 Å². The highest BCUT2D eigenvalue weighted by atomic mass is 16.4. The number of benzene rings is 1. The van der Waals surface area contributed by atoms with Crippen molar-refractivity contribution < 1.29 is 20.4 Å². The number of aliphatic hydroxyl groups excluding tert-OH is 4. The molecule has 0 aliphatic heterocycles. The Morgan fingerprint density at radius 3 is 2.48 bits per heavy atom. The standard InChI is InChI=1S/C14H16N4O5/c1-6(19)9(20)10(21)11(22)12-16-17-14-15-13(23)7-4-2-3-5-8(7)18(12)14/h2-6,9-11,19-22H,1H3,(H,15,17,23)/t6?,9-,10-,11+/m1/s1. The lowest BCUT2D eigenvalue weighted by atomic mass is 10.0. The minimum absolute atomic E-state index is 0.0559. The maximum Gasteiger partial charge on any atom is 0.260 e. The maximum absolute atomic E-state index is 12.0. The van der Waals surface area contributed by atoms with E-state index >= 15 is 0 Å². The van der Waals surface area contributed by atoms with Crippen molar-refractivity contribution in [3.8, 4) is 0 Å². The van der Waals surface area contributed by atoms with E-state index in [4.69, 9.17) is 0 Å². The van der Waals surface area contributed by atoms with Gasteiger partial charge >= 0.3 is 0 Å². The number of nitrogens with one attached hydrogen (secondary N) is 1. The number of aromatic amines is 1. The zero-order chi connectivity index (χ0) is 16.7. The van der Waals surface area contributed by atoms with Gasteiger partial charge in [0, 0.05) is 0 Å². The summed E-state index contributed by atoms with van der Waals surface area (Å²) < 4.78 is 1.39. The van der Waals surface area contributed by atoms with Crippen molar-refractivity contribution in [1.29, 1.82) is 0 Å². The Hall–Kier alpha value is -2.33. The molecule has 3 rings (SSSR count). The van der Waals surface area contributed by atoms with Crippen LogP contribution in [0.25, 0.3) is 16.7 Å². The topological polar surface area (TPSA) is 144 Å². The molecule has 9 nitrogen and oxygen atoms in total. The summed E-state index contributed by atoms with van der Waals surface area (Å²) in [7, 11) is 0. The Labute approximate surface area is 129 Å². The van der Waals surface area contributed by atoms with Gasteiger partial charge in [-0.2, -0.15) is 0 Å². The van der Waals surface area contributed by atoms with Crippen molar-refractivity contribution in [2.75, 3.05) is 0 Å². The molecule has 0 radical (unpaired) electrons. The SMILES string of the molecule is CC(O)[C@@H](O)[C@@H](O)[C@H](O)c1nnc2[nH]c(=O)c3ccccc3n12. The first-order valence-corrected chi connectivity index (χ1v) is 7.00. The third-order valence-electron chi connectivity index (χ3n) is 3.74. The normalized spacial score (nSPS) is 17.3. The van der Waals surface area contributed by atoms with E-state index in [-0.39, 0.29) is 17.2 Å². The first-order chi connectivity index (χ1) is 10.9. The van der Waals surface area contributed by atoms with Gasteiger partial charge in [0.2, 0.25) is 5.78 Å². The molecular weight excluding hydrogens is 304 g/mol. The largest absolute Gasteiger partial charge is 0.391 e. The van der Waals surface area contributed by atoms with Gasteiger partial charge in [0.1, 0.15) is 18.3 Å². The average Bonchev–Trinajstić information content (AvgIpc) is 2.96. The van der Waals surface area contributed by atoms with Crippen LogP contribution < -0.4 is 5.56 Å². The van der Waals surface area contributed by atoms with Crippen molar-refractivity contribution in [3.63, 3.8) is 0 Å². The van der Waals surface area contributed by atoms with Crippen molar-refractivity contribution >= 4 is 16.7 Å². The molecule has 0 bridgehead atoms. The Bertz CT molecular complexity index is 903. The number of hydrogen-bond acceptors (Lipinski definition) is 7. The Morgan fingerprint density at radius 2 is 1.78 bits per heavy atom. The fourth-order valence-corrected chi connectivity index (χ4v) is 2.46. The number of aliphatic hydroxyl groups is 4. The van der Waals surface area contributed by atoms with Gasteiger partial charge in [0.25, 0.3) is 5.56 Å². The number of hydrogen-bond donors (Lipinski definition) is 5. The van der Waals surface area contributed by atoms with Crippen LogP contribution >= 0.6 is 0 Å². The number of nitrogens with zero attached hydrogens (tertiary/aromatic N) is 3. The maximum atomic E-state index is 12.0. The predicted molar refractivity (Wildman–Crippen MR) is 79.8 cm³/mol. The van der Waals surface area contributed by atoms with Crippen molar-refractivity contribution in [2.24, 2.45) is 0 Å². The first-order valence-electron chi connectivity index (χ1n) is 7.00. The van der Waals surface area contributed by atoms with Crippen LogP contribution in [-0.4, -0.2) is 58.3 Å². The summed E-state index contributed by atoms with van der Waals surface area (Å²) in [5.41, 5.74) is 0.0927. The molecule has 9 heteroatoms. The molecule has 0 fully saturated rings. The second kappa shape index (κ2) is 5.70. The lowest BCUT2D eigenvalue weighted by molar-refractivity contribution is -0.103. The van der Waals surface area contributed by atoms with Crippen LogP contribution in [0.3, 0.4) is 0 Å². The average molecular weight is 320 g/mol. The molecule has 0 aliphatic carbocycles. The van der Waals surface area contributed by atoms with Crippen LogP contribution in [0.2, 0.25) is 0 Å². The number of para-hydroxylation sites is 1. The van der Waals surface area contributed by atoms with Crippen LogP contribution in [0, 0.1) is 0 Å². The van der Waals surface area contributed by atoms with Gasteiger partial charge in [0.05, 0.1) is 17.0 Å². The molecule has 4 atom stereocenters. The van der Waals surface area contributed by atoms with Gasteiger partial charge in [0.15, 0.2) is 5.82 Å². The van der Waals surface area contributed by atoms with E-state index in [9.17, 15) is 25.2 Å². The van der Waals surface area contributed by atoms with E-state index in [1.807, 2.05) is 0 Å². The molecule has 23 heavy (non-hydrogen) atoms. The summed E-state index contributed by atoms with van der Waals surface area (Å²) >= 11 is 0. The van der Waals surface area contributed by atoms with Crippen molar-refractivity contribution in [3.05, 3.63) is 40.4 Å². The second-order valence-corrected chi connectivity index (χ2v) is 5.36. The summed E-state index contributed by atoms with van der Waals surface area (Å²) in [6.45, 7) is 1.29. The number of fused-ring (bicyclic) bond motifs is 3. The fourth-order valence-electron chi connectivity index (χ4n) is 2.46. The highest BCUT2D eigenvalue weighted by molar-refractivity contribution is 5.80. The summed E-state index contributed by atoms with van der Waals surface area (Å²) in [5, 5.41) is 47.3. The fraction of sp³-hybridized carbons (Fsp3) is 0.357. The van der Waals surface area contributed by atoms with Crippen LogP contribution in [0.4, 0.5) is 0 Å². The van der Waals surface area contributed by atoms with E-state index in [2.05, 4.69) is 15.2 Å². The minimum atomic E-state index is -1.67. The summed E-state index contributed by atoms with van der Waals surface area (Å²) in [6.07, 6.45) is -6.08. The van der Waals surface area contributed by atoms with Crippen LogP contribution in [0.5, 0.6) is 0 Å². The molecule has 1 unspecified atom stereocenters. The van der Waals surface area contributed by atoms with Gasteiger partial charge in [-0.1, -0.05) is 12.1 Å². The lowest BCUT2D eigenvalue weighted by Crippen LogP contribution is -2.40. The number of aromatic nitrogens is 4. The molecule has 0 amide bonds. The van der Waals surface area contributed by atoms with Crippen LogP contribution in [-0.2, 0) is 0 Å².